The molecule has 0 saturated heterocycles. The van der Waals surface area contributed by atoms with Gasteiger partial charge in [-0.3, -0.25) is 9.59 Å². The van der Waals surface area contributed by atoms with E-state index in [9.17, 15) is 9.59 Å². The molecule has 0 bridgehead atoms. The summed E-state index contributed by atoms with van der Waals surface area (Å²) >= 11 is 0. The Kier molecular flexibility index (Phi) is 6.03. The number of carbonyl (C=O) groups is 2. The van der Waals surface area contributed by atoms with Crippen molar-refractivity contribution in [2.24, 2.45) is 45.3 Å². The van der Waals surface area contributed by atoms with Crippen molar-refractivity contribution in [3.8, 4) is 0 Å². The van der Waals surface area contributed by atoms with E-state index in [1.165, 1.54) is 51.9 Å². The van der Waals surface area contributed by atoms with Gasteiger partial charge in [-0.2, -0.15) is 0 Å². The minimum atomic E-state index is -0.153. The van der Waals surface area contributed by atoms with E-state index in [0.717, 1.165) is 18.8 Å². The molecule has 182 valence electrons. The lowest BCUT2D eigenvalue weighted by molar-refractivity contribution is -0.226. The Balaban J connectivity index is 1.56. The molecule has 4 rings (SSSR count). The number of rotatable bonds is 3. The fourth-order valence-electron chi connectivity index (χ4n) is 9.49. The van der Waals surface area contributed by atoms with Crippen LogP contribution in [0.25, 0.3) is 0 Å². The summed E-state index contributed by atoms with van der Waals surface area (Å²) in [4.78, 5) is 23.1. The number of fused-ring (bicyclic) bond motifs is 5. The molecule has 8 unspecified atom stereocenters. The third-order valence-electron chi connectivity index (χ3n) is 11.5. The first-order valence-corrected chi connectivity index (χ1v) is 13.2. The van der Waals surface area contributed by atoms with Crippen molar-refractivity contribution in [3.05, 3.63) is 0 Å². The maximum atomic E-state index is 11.7. The summed E-state index contributed by atoms with van der Waals surface area (Å²) in [5, 5.41) is 0. The van der Waals surface area contributed by atoms with Gasteiger partial charge < -0.3 is 9.47 Å². The van der Waals surface area contributed by atoms with Crippen molar-refractivity contribution in [3.63, 3.8) is 0 Å². The van der Waals surface area contributed by atoms with Crippen molar-refractivity contribution in [2.75, 3.05) is 6.61 Å². The molecule has 0 radical (unpaired) electrons. The topological polar surface area (TPSA) is 52.6 Å². The van der Waals surface area contributed by atoms with Crippen LogP contribution in [-0.4, -0.2) is 24.6 Å². The van der Waals surface area contributed by atoms with Crippen molar-refractivity contribution in [1.29, 1.82) is 0 Å². The molecular weight excluding hydrogens is 400 g/mol. The Morgan fingerprint density at radius 3 is 2.22 bits per heavy atom. The van der Waals surface area contributed by atoms with E-state index in [2.05, 4.69) is 34.6 Å². The van der Waals surface area contributed by atoms with E-state index in [1.54, 1.807) is 6.92 Å². The summed E-state index contributed by atoms with van der Waals surface area (Å²) in [6.07, 6.45) is 11.1. The monoisotopic (exact) mass is 446 g/mol. The van der Waals surface area contributed by atoms with Crippen LogP contribution < -0.4 is 0 Å². The van der Waals surface area contributed by atoms with E-state index in [1.807, 2.05) is 0 Å². The molecule has 4 aliphatic carbocycles. The fourth-order valence-corrected chi connectivity index (χ4v) is 9.49. The second kappa shape index (κ2) is 8.01. The first-order valence-electron chi connectivity index (χ1n) is 13.2. The van der Waals surface area contributed by atoms with Crippen LogP contribution in [0.3, 0.4) is 0 Å². The zero-order valence-electron chi connectivity index (χ0n) is 21.6. The van der Waals surface area contributed by atoms with Crippen LogP contribution in [0.4, 0.5) is 0 Å². The highest BCUT2D eigenvalue weighted by molar-refractivity contribution is 5.66. The summed E-state index contributed by atoms with van der Waals surface area (Å²) in [5.74, 6) is 2.28. The average molecular weight is 447 g/mol. The normalized spacial score (nSPS) is 50.4. The largest absolute Gasteiger partial charge is 0.465 e. The van der Waals surface area contributed by atoms with Crippen LogP contribution in [0, 0.1) is 45.3 Å². The lowest BCUT2D eigenvalue weighted by atomic mass is 9.34. The first kappa shape index (κ1) is 24.1. The summed E-state index contributed by atoms with van der Waals surface area (Å²) in [6, 6.07) is 0. The van der Waals surface area contributed by atoms with E-state index >= 15 is 0 Å². The van der Waals surface area contributed by atoms with E-state index in [4.69, 9.17) is 9.47 Å². The van der Waals surface area contributed by atoms with Gasteiger partial charge in [0, 0.05) is 19.3 Å². The number of hydrogen-bond acceptors (Lipinski definition) is 4. The number of ether oxygens (including phenoxy) is 2. The van der Waals surface area contributed by atoms with Gasteiger partial charge in [0.25, 0.3) is 0 Å². The molecule has 0 aromatic rings. The molecule has 4 aliphatic rings. The molecule has 0 aliphatic heterocycles. The van der Waals surface area contributed by atoms with Crippen LogP contribution in [0.2, 0.25) is 0 Å². The SMILES string of the molecule is CC(=O)OCC1(C)CC[C@]2(C)C(CCC3C4(C)CCC(OC(C)=O)C(C)C4CCC32C)C1. The van der Waals surface area contributed by atoms with Crippen molar-refractivity contribution in [2.45, 2.75) is 112 Å². The van der Waals surface area contributed by atoms with Crippen LogP contribution >= 0.6 is 0 Å². The molecule has 9 atom stereocenters. The fraction of sp³-hybridized carbons (Fsp3) is 0.929. The summed E-state index contributed by atoms with van der Waals surface area (Å²) < 4.78 is 11.2. The quantitative estimate of drug-likeness (QED) is 0.461. The summed E-state index contributed by atoms with van der Waals surface area (Å²) in [5.41, 5.74) is 1.18. The smallest absolute Gasteiger partial charge is 0.302 e. The molecule has 0 heterocycles. The third-order valence-corrected chi connectivity index (χ3v) is 11.5. The highest BCUT2D eigenvalue weighted by atomic mass is 16.5. The summed E-state index contributed by atoms with van der Waals surface area (Å²) in [7, 11) is 0. The maximum absolute atomic E-state index is 11.7. The molecule has 4 saturated carbocycles. The van der Waals surface area contributed by atoms with Gasteiger partial charge in [0.15, 0.2) is 0 Å². The van der Waals surface area contributed by atoms with Crippen molar-refractivity contribution < 1.29 is 19.1 Å². The molecule has 4 nitrogen and oxygen atoms in total. The van der Waals surface area contributed by atoms with E-state index in [-0.39, 0.29) is 23.5 Å². The zero-order chi connectivity index (χ0) is 23.5. The van der Waals surface area contributed by atoms with Crippen molar-refractivity contribution >= 4 is 11.9 Å². The summed E-state index contributed by atoms with van der Waals surface area (Å²) in [6.45, 7) is 16.1. The second-order valence-electron chi connectivity index (χ2n) is 13.2. The number of hydrogen-bond donors (Lipinski definition) is 0. The minimum Gasteiger partial charge on any atom is -0.465 e. The third kappa shape index (κ3) is 3.63. The van der Waals surface area contributed by atoms with Gasteiger partial charge in [0.1, 0.15) is 6.10 Å². The van der Waals surface area contributed by atoms with E-state index < -0.39 is 0 Å². The van der Waals surface area contributed by atoms with Gasteiger partial charge in [-0.1, -0.05) is 34.6 Å². The Morgan fingerprint density at radius 2 is 1.56 bits per heavy atom. The molecule has 32 heavy (non-hydrogen) atoms. The Hall–Kier alpha value is -1.06. The standard InChI is InChI=1S/C28H46O4/c1-18-22-10-13-28(7)24(26(22,5)12-11-23(18)32-20(3)30)9-8-21-16-25(4,17-31-19(2)29)14-15-27(21,28)6/h18,21-24H,8-17H2,1-7H3/t18?,21?,22?,23?,24?,25?,26?,27-,28?/m1/s1. The van der Waals surface area contributed by atoms with Gasteiger partial charge >= 0.3 is 11.9 Å². The molecule has 4 heteroatoms. The molecule has 4 fully saturated rings. The maximum Gasteiger partial charge on any atom is 0.302 e. The van der Waals surface area contributed by atoms with Gasteiger partial charge in [0.05, 0.1) is 6.61 Å². The number of esters is 2. The lowest BCUT2D eigenvalue weighted by Gasteiger charge is -2.70. The Bertz CT molecular complexity index is 763. The molecule has 0 aromatic carbocycles. The molecule has 0 aromatic heterocycles. The average Bonchev–Trinajstić information content (AvgIpc) is 2.70. The van der Waals surface area contributed by atoms with Gasteiger partial charge in [-0.15, -0.1) is 0 Å². The van der Waals surface area contributed by atoms with Crippen LogP contribution in [0.15, 0.2) is 0 Å². The highest BCUT2D eigenvalue weighted by Gasteiger charge is 2.66. The Morgan fingerprint density at radius 1 is 0.844 bits per heavy atom. The van der Waals surface area contributed by atoms with Gasteiger partial charge in [-0.25, -0.2) is 0 Å². The molecular formula is C28H46O4. The Labute approximate surface area is 195 Å². The van der Waals surface area contributed by atoms with Gasteiger partial charge in [0.2, 0.25) is 0 Å². The zero-order valence-corrected chi connectivity index (χ0v) is 21.6. The van der Waals surface area contributed by atoms with Crippen LogP contribution in [0.5, 0.6) is 0 Å². The van der Waals surface area contributed by atoms with E-state index in [0.29, 0.717) is 40.6 Å². The first-order chi connectivity index (χ1) is 14.8. The predicted octanol–water partition coefficient (Wildman–Crippen LogP) is 6.56. The van der Waals surface area contributed by atoms with Crippen LogP contribution in [-0.2, 0) is 19.1 Å². The van der Waals surface area contributed by atoms with Crippen molar-refractivity contribution in [1.82, 2.24) is 0 Å². The lowest BCUT2D eigenvalue weighted by Crippen LogP contribution is -2.64. The molecule has 0 spiro atoms. The van der Waals surface area contributed by atoms with Gasteiger partial charge in [-0.05, 0) is 97.7 Å². The minimum absolute atomic E-state index is 0.0959. The van der Waals surface area contributed by atoms with Crippen LogP contribution in [0.1, 0.15) is 106 Å². The molecule has 0 amide bonds. The predicted molar refractivity (Wildman–Crippen MR) is 126 cm³/mol. The number of carbonyl (C=O) groups excluding carboxylic acids is 2. The molecule has 0 N–H and O–H groups in total. The highest BCUT2D eigenvalue weighted by Crippen LogP contribution is 2.73. The second-order valence-corrected chi connectivity index (χ2v) is 13.2.